The van der Waals surface area contributed by atoms with Crippen molar-refractivity contribution in [1.82, 2.24) is 0 Å². The zero-order valence-corrected chi connectivity index (χ0v) is 15.9. The van der Waals surface area contributed by atoms with E-state index in [0.29, 0.717) is 0 Å². The highest BCUT2D eigenvalue weighted by molar-refractivity contribution is 8.00. The number of aryl methyl sites for hydroxylation is 2. The topological polar surface area (TPSA) is 84.9 Å². The Kier molecular flexibility index (Phi) is 6.52. The van der Waals surface area contributed by atoms with Crippen LogP contribution in [-0.4, -0.2) is 37.0 Å². The van der Waals surface area contributed by atoms with Gasteiger partial charge in [-0.05, 0) is 37.6 Å². The molecule has 0 aliphatic rings. The molecular formula is C19H21NO5S. The van der Waals surface area contributed by atoms with Crippen molar-refractivity contribution in [3.63, 3.8) is 0 Å². The number of carbonyl (C=O) groups is 2. The van der Waals surface area contributed by atoms with E-state index in [9.17, 15) is 14.7 Å². The molecule has 0 aliphatic heterocycles. The number of aromatic carboxylic acids is 1. The molecule has 138 valence electrons. The van der Waals surface area contributed by atoms with Crippen LogP contribution in [0.25, 0.3) is 0 Å². The van der Waals surface area contributed by atoms with Crippen molar-refractivity contribution in [3.8, 4) is 11.5 Å². The normalized spacial score (nSPS) is 10.3. The van der Waals surface area contributed by atoms with E-state index in [1.165, 1.54) is 38.1 Å². The number of benzene rings is 2. The maximum atomic E-state index is 12.4. The summed E-state index contributed by atoms with van der Waals surface area (Å²) in [7, 11) is 2.84. The molecule has 1 amide bonds. The number of carbonyl (C=O) groups excluding carboxylic acids is 1. The van der Waals surface area contributed by atoms with E-state index in [-0.39, 0.29) is 34.4 Å². The van der Waals surface area contributed by atoms with E-state index in [4.69, 9.17) is 9.47 Å². The van der Waals surface area contributed by atoms with Crippen molar-refractivity contribution in [2.45, 2.75) is 18.7 Å². The lowest BCUT2D eigenvalue weighted by Gasteiger charge is -2.15. The second-order valence-corrected chi connectivity index (χ2v) is 6.69. The van der Waals surface area contributed by atoms with E-state index in [1.807, 2.05) is 32.0 Å². The first-order valence-corrected chi connectivity index (χ1v) is 8.83. The molecular weight excluding hydrogens is 354 g/mol. The summed E-state index contributed by atoms with van der Waals surface area (Å²) < 4.78 is 10.4. The third kappa shape index (κ3) is 4.70. The number of carboxylic acid groups (broad SMARTS) is 1. The van der Waals surface area contributed by atoms with Crippen molar-refractivity contribution >= 4 is 29.3 Å². The Morgan fingerprint density at radius 3 is 2.46 bits per heavy atom. The Morgan fingerprint density at radius 1 is 1.12 bits per heavy atom. The van der Waals surface area contributed by atoms with Gasteiger partial charge in [0.05, 0.1) is 31.2 Å². The summed E-state index contributed by atoms with van der Waals surface area (Å²) in [6.45, 7) is 3.99. The van der Waals surface area contributed by atoms with Crippen molar-refractivity contribution in [2.75, 3.05) is 25.3 Å². The fourth-order valence-electron chi connectivity index (χ4n) is 2.37. The zero-order valence-electron chi connectivity index (χ0n) is 15.1. The summed E-state index contributed by atoms with van der Waals surface area (Å²) in [5, 5.41) is 11.9. The number of methoxy groups -OCH3 is 2. The zero-order chi connectivity index (χ0) is 19.3. The Morgan fingerprint density at radius 2 is 1.85 bits per heavy atom. The van der Waals surface area contributed by atoms with Gasteiger partial charge in [-0.1, -0.05) is 17.7 Å². The second-order valence-electron chi connectivity index (χ2n) is 5.67. The number of rotatable bonds is 7. The van der Waals surface area contributed by atoms with Crippen LogP contribution in [0.5, 0.6) is 11.5 Å². The van der Waals surface area contributed by atoms with Crippen LogP contribution < -0.4 is 14.8 Å². The summed E-state index contributed by atoms with van der Waals surface area (Å²) in [6.07, 6.45) is 0. The standard InChI is InChI=1S/C19H21NO5S/c1-11-5-6-12(2)16(7-11)26-10-17(21)20-14-8-13(19(22)23)9-15(24-3)18(14)25-4/h5-9H,10H2,1-4H3,(H,20,21)(H,22,23). The number of nitrogens with one attached hydrogen (secondary N) is 1. The Hall–Kier alpha value is -2.67. The molecule has 26 heavy (non-hydrogen) atoms. The van der Waals surface area contributed by atoms with Gasteiger partial charge in [0.1, 0.15) is 0 Å². The molecule has 2 N–H and O–H groups in total. The molecule has 0 saturated carbocycles. The molecule has 0 fully saturated rings. The smallest absolute Gasteiger partial charge is 0.335 e. The highest BCUT2D eigenvalue weighted by atomic mass is 32.2. The van der Waals surface area contributed by atoms with E-state index in [0.717, 1.165) is 16.0 Å². The third-order valence-electron chi connectivity index (χ3n) is 3.70. The van der Waals surface area contributed by atoms with Gasteiger partial charge in [-0.3, -0.25) is 4.79 Å². The quantitative estimate of drug-likeness (QED) is 0.717. The predicted molar refractivity (Wildman–Crippen MR) is 102 cm³/mol. The number of carboxylic acids is 1. The SMILES string of the molecule is COc1cc(C(=O)O)cc(NC(=O)CSc2cc(C)ccc2C)c1OC. The molecule has 0 atom stereocenters. The average Bonchev–Trinajstić information content (AvgIpc) is 2.61. The molecule has 0 unspecified atom stereocenters. The summed E-state index contributed by atoms with van der Waals surface area (Å²) in [6, 6.07) is 8.77. The number of anilines is 1. The predicted octanol–water partition coefficient (Wildman–Crippen LogP) is 3.75. The summed E-state index contributed by atoms with van der Waals surface area (Å²) in [5.74, 6) is -0.676. The second kappa shape index (κ2) is 8.62. The lowest BCUT2D eigenvalue weighted by Crippen LogP contribution is -2.15. The van der Waals surface area contributed by atoms with Crippen LogP contribution in [0.2, 0.25) is 0 Å². The van der Waals surface area contributed by atoms with Crippen LogP contribution in [0.15, 0.2) is 35.2 Å². The van der Waals surface area contributed by atoms with E-state index < -0.39 is 5.97 Å². The molecule has 2 aromatic rings. The molecule has 0 saturated heterocycles. The first kappa shape index (κ1) is 19.7. The summed E-state index contributed by atoms with van der Waals surface area (Å²) in [4.78, 5) is 24.7. The van der Waals surface area contributed by atoms with Gasteiger partial charge in [-0.2, -0.15) is 0 Å². The van der Waals surface area contributed by atoms with Crippen LogP contribution in [0.3, 0.4) is 0 Å². The van der Waals surface area contributed by atoms with Gasteiger partial charge in [-0.15, -0.1) is 11.8 Å². The third-order valence-corrected chi connectivity index (χ3v) is 4.86. The molecule has 0 bridgehead atoms. The Balaban J connectivity index is 2.18. The van der Waals surface area contributed by atoms with Crippen LogP contribution in [-0.2, 0) is 4.79 Å². The van der Waals surface area contributed by atoms with Crippen molar-refractivity contribution in [1.29, 1.82) is 0 Å². The first-order chi connectivity index (χ1) is 12.3. The molecule has 0 heterocycles. The minimum Gasteiger partial charge on any atom is -0.493 e. The lowest BCUT2D eigenvalue weighted by molar-refractivity contribution is -0.113. The highest BCUT2D eigenvalue weighted by Gasteiger charge is 2.17. The van der Waals surface area contributed by atoms with Crippen molar-refractivity contribution in [3.05, 3.63) is 47.0 Å². The number of amides is 1. The molecule has 0 aromatic heterocycles. The lowest BCUT2D eigenvalue weighted by atomic mass is 10.1. The number of thioether (sulfide) groups is 1. The maximum Gasteiger partial charge on any atom is 0.335 e. The van der Waals surface area contributed by atoms with Gasteiger partial charge >= 0.3 is 5.97 Å². The largest absolute Gasteiger partial charge is 0.493 e. The molecule has 2 aromatic carbocycles. The molecule has 0 spiro atoms. The number of ether oxygens (including phenoxy) is 2. The first-order valence-electron chi connectivity index (χ1n) is 7.85. The summed E-state index contributed by atoms with van der Waals surface area (Å²) in [5.41, 5.74) is 2.48. The van der Waals surface area contributed by atoms with Crippen molar-refractivity contribution < 1.29 is 24.2 Å². The Labute approximate surface area is 156 Å². The fraction of sp³-hybridized carbons (Fsp3) is 0.263. The minimum atomic E-state index is -1.12. The van der Waals surface area contributed by atoms with Crippen LogP contribution in [0.1, 0.15) is 21.5 Å². The van der Waals surface area contributed by atoms with Gasteiger partial charge in [0.2, 0.25) is 5.91 Å². The number of hydrogen-bond donors (Lipinski definition) is 2. The summed E-state index contributed by atoms with van der Waals surface area (Å²) >= 11 is 1.42. The maximum absolute atomic E-state index is 12.4. The van der Waals surface area contributed by atoms with Crippen molar-refractivity contribution in [2.24, 2.45) is 0 Å². The number of hydrogen-bond acceptors (Lipinski definition) is 5. The Bertz CT molecular complexity index is 835. The minimum absolute atomic E-state index is 0.000122. The monoisotopic (exact) mass is 375 g/mol. The molecule has 7 heteroatoms. The van der Waals surface area contributed by atoms with Crippen LogP contribution in [0.4, 0.5) is 5.69 Å². The van der Waals surface area contributed by atoms with Gasteiger partial charge in [0.15, 0.2) is 11.5 Å². The highest BCUT2D eigenvalue weighted by Crippen LogP contribution is 2.37. The van der Waals surface area contributed by atoms with Gasteiger partial charge in [-0.25, -0.2) is 4.79 Å². The van der Waals surface area contributed by atoms with Gasteiger partial charge in [0, 0.05) is 4.90 Å². The van der Waals surface area contributed by atoms with E-state index in [1.54, 1.807) is 0 Å². The molecule has 0 radical (unpaired) electrons. The molecule has 0 aliphatic carbocycles. The van der Waals surface area contributed by atoms with E-state index in [2.05, 4.69) is 5.32 Å². The van der Waals surface area contributed by atoms with Gasteiger partial charge in [0.25, 0.3) is 0 Å². The average molecular weight is 375 g/mol. The van der Waals surface area contributed by atoms with E-state index >= 15 is 0 Å². The van der Waals surface area contributed by atoms with Gasteiger partial charge < -0.3 is 19.9 Å². The fourth-order valence-corrected chi connectivity index (χ4v) is 3.30. The molecule has 2 rings (SSSR count). The van der Waals surface area contributed by atoms with Crippen LogP contribution >= 0.6 is 11.8 Å². The molecule has 6 nitrogen and oxygen atoms in total. The van der Waals surface area contributed by atoms with Crippen LogP contribution in [0, 0.1) is 13.8 Å².